The summed E-state index contributed by atoms with van der Waals surface area (Å²) in [5.41, 5.74) is 3.98. The van der Waals surface area contributed by atoms with E-state index in [1.807, 2.05) is 109 Å². The Kier molecular flexibility index (Phi) is 11.3. The van der Waals surface area contributed by atoms with E-state index in [2.05, 4.69) is 13.8 Å². The molecule has 0 atom stereocenters. The van der Waals surface area contributed by atoms with Crippen molar-refractivity contribution >= 4 is 35.6 Å². The molecule has 4 aromatic carbocycles. The maximum Gasteiger partial charge on any atom is 0.278 e. The third kappa shape index (κ3) is 8.26. The van der Waals surface area contributed by atoms with Gasteiger partial charge in [0.15, 0.2) is 0 Å². The second-order valence-corrected chi connectivity index (χ2v) is 12.1. The number of benzene rings is 4. The maximum atomic E-state index is 14.0. The molecule has 50 heavy (non-hydrogen) atoms. The summed E-state index contributed by atoms with van der Waals surface area (Å²) in [5.74, 6) is 2.12. The molecular weight excluding hydrogens is 624 g/mol. The van der Waals surface area contributed by atoms with Gasteiger partial charge < -0.3 is 9.47 Å². The average molecular weight is 667 g/mol. The number of nitrogens with zero attached hydrogens (tertiary/aromatic N) is 4. The third-order valence-corrected chi connectivity index (χ3v) is 8.40. The van der Waals surface area contributed by atoms with E-state index in [9.17, 15) is 9.59 Å². The van der Waals surface area contributed by atoms with Gasteiger partial charge in [-0.3, -0.25) is 19.4 Å². The van der Waals surface area contributed by atoms with Gasteiger partial charge in [0.1, 0.15) is 34.6 Å². The van der Waals surface area contributed by atoms with E-state index in [0.717, 1.165) is 59.4 Å². The van der Waals surface area contributed by atoms with Crippen molar-refractivity contribution in [3.8, 4) is 11.5 Å². The molecule has 8 nitrogen and oxygen atoms in total. The SMILES string of the molecule is CCCCOc1ccc(C2=NC(=Cc3ccccc3)C(=O)N2CCN2C(=O)C(=Cc3ccccc3)N=C2c2ccc(OCCCC)cc2)cc1. The fraction of sp³-hybridized carbons (Fsp3) is 0.238. The summed E-state index contributed by atoms with van der Waals surface area (Å²) >= 11 is 0. The van der Waals surface area contributed by atoms with Gasteiger partial charge in [-0.2, -0.15) is 0 Å². The molecule has 0 spiro atoms. The predicted octanol–water partition coefficient (Wildman–Crippen LogP) is 8.00. The van der Waals surface area contributed by atoms with Gasteiger partial charge in [0.25, 0.3) is 11.8 Å². The Labute approximate surface area is 294 Å². The fourth-order valence-corrected chi connectivity index (χ4v) is 5.64. The Hall–Kier alpha value is -5.76. The van der Waals surface area contributed by atoms with Crippen molar-refractivity contribution in [1.82, 2.24) is 9.80 Å². The number of amides is 2. The van der Waals surface area contributed by atoms with Crippen LogP contribution in [0.25, 0.3) is 12.2 Å². The number of unbranched alkanes of at least 4 members (excludes halogenated alkanes) is 2. The highest BCUT2D eigenvalue weighted by Gasteiger charge is 2.35. The molecule has 0 saturated heterocycles. The smallest absolute Gasteiger partial charge is 0.278 e. The lowest BCUT2D eigenvalue weighted by atomic mass is 10.1. The molecule has 6 rings (SSSR count). The topological polar surface area (TPSA) is 83.8 Å². The third-order valence-electron chi connectivity index (χ3n) is 8.40. The number of aliphatic imine (C=N–C) groups is 2. The zero-order chi connectivity index (χ0) is 34.7. The Balaban J connectivity index is 1.28. The molecule has 0 saturated carbocycles. The van der Waals surface area contributed by atoms with Crippen LogP contribution in [0.15, 0.2) is 131 Å². The average Bonchev–Trinajstić information content (AvgIpc) is 3.63. The van der Waals surface area contributed by atoms with Crippen LogP contribution in [0.1, 0.15) is 61.8 Å². The van der Waals surface area contributed by atoms with Crippen LogP contribution in [0.4, 0.5) is 0 Å². The largest absolute Gasteiger partial charge is 0.494 e. The second-order valence-electron chi connectivity index (χ2n) is 12.1. The molecule has 0 bridgehead atoms. The van der Waals surface area contributed by atoms with Crippen molar-refractivity contribution < 1.29 is 19.1 Å². The number of ether oxygens (including phenoxy) is 2. The van der Waals surface area contributed by atoms with Gasteiger partial charge in [-0.1, -0.05) is 87.4 Å². The quantitative estimate of drug-likeness (QED) is 0.0951. The standard InChI is InChI=1S/C42H42N4O4/c1-3-5-27-49-35-21-17-33(18-22-35)39-43-37(29-31-13-9-7-10-14-31)41(47)45(39)25-26-46-40(34-19-23-36(24-20-34)50-28-6-4-2)44-38(42(46)48)30-32-15-11-8-12-16-32/h7-24,29-30H,3-6,25-28H2,1-2H3. The van der Waals surface area contributed by atoms with E-state index in [1.54, 1.807) is 22.0 Å². The molecule has 0 aliphatic carbocycles. The van der Waals surface area contributed by atoms with Gasteiger partial charge >= 0.3 is 0 Å². The fourth-order valence-electron chi connectivity index (χ4n) is 5.64. The Morgan fingerprint density at radius 3 is 1.28 bits per heavy atom. The van der Waals surface area contributed by atoms with Crippen LogP contribution in [0.3, 0.4) is 0 Å². The number of hydrogen-bond donors (Lipinski definition) is 0. The first-order chi connectivity index (χ1) is 24.5. The van der Waals surface area contributed by atoms with Crippen molar-refractivity contribution in [2.75, 3.05) is 26.3 Å². The summed E-state index contributed by atoms with van der Waals surface area (Å²) < 4.78 is 11.7. The number of hydrogen-bond acceptors (Lipinski definition) is 6. The molecule has 2 aliphatic heterocycles. The Morgan fingerprint density at radius 2 is 0.920 bits per heavy atom. The number of rotatable bonds is 15. The number of carbonyl (C=O) groups is 2. The van der Waals surface area contributed by atoms with Crippen molar-refractivity contribution in [2.45, 2.75) is 39.5 Å². The first-order valence-electron chi connectivity index (χ1n) is 17.3. The highest BCUT2D eigenvalue weighted by molar-refractivity contribution is 6.21. The lowest BCUT2D eigenvalue weighted by Crippen LogP contribution is -2.42. The van der Waals surface area contributed by atoms with Gasteiger partial charge in [0.05, 0.1) is 13.2 Å². The summed E-state index contributed by atoms with van der Waals surface area (Å²) in [7, 11) is 0. The van der Waals surface area contributed by atoms with Crippen LogP contribution in [0.5, 0.6) is 11.5 Å². The van der Waals surface area contributed by atoms with Crippen LogP contribution in [0, 0.1) is 0 Å². The van der Waals surface area contributed by atoms with Crippen LogP contribution >= 0.6 is 0 Å². The Bertz CT molecular complexity index is 1760. The van der Waals surface area contributed by atoms with E-state index in [0.29, 0.717) is 36.3 Å². The highest BCUT2D eigenvalue weighted by Crippen LogP contribution is 2.27. The monoisotopic (exact) mass is 666 g/mol. The second kappa shape index (κ2) is 16.6. The van der Waals surface area contributed by atoms with Crippen molar-refractivity contribution in [3.63, 3.8) is 0 Å². The molecule has 2 heterocycles. The first kappa shape index (κ1) is 34.1. The van der Waals surface area contributed by atoms with E-state index in [4.69, 9.17) is 19.5 Å². The molecule has 2 aliphatic rings. The van der Waals surface area contributed by atoms with Gasteiger partial charge in [-0.15, -0.1) is 0 Å². The molecule has 254 valence electrons. The molecule has 8 heteroatoms. The zero-order valence-electron chi connectivity index (χ0n) is 28.6. The van der Waals surface area contributed by atoms with Crippen LogP contribution < -0.4 is 9.47 Å². The molecule has 0 aromatic heterocycles. The molecular formula is C42H42N4O4. The maximum absolute atomic E-state index is 14.0. The molecule has 0 radical (unpaired) electrons. The summed E-state index contributed by atoms with van der Waals surface area (Å²) in [6.45, 7) is 5.97. The summed E-state index contributed by atoms with van der Waals surface area (Å²) in [6, 6.07) is 34.6. The number of amidine groups is 2. The summed E-state index contributed by atoms with van der Waals surface area (Å²) in [4.78, 5) is 40.9. The van der Waals surface area contributed by atoms with Crippen molar-refractivity contribution in [3.05, 3.63) is 143 Å². The lowest BCUT2D eigenvalue weighted by Gasteiger charge is -2.24. The summed E-state index contributed by atoms with van der Waals surface area (Å²) in [5, 5.41) is 0. The van der Waals surface area contributed by atoms with Crippen LogP contribution in [-0.4, -0.2) is 59.6 Å². The van der Waals surface area contributed by atoms with Gasteiger partial charge in [0, 0.05) is 24.2 Å². The van der Waals surface area contributed by atoms with Gasteiger partial charge in [-0.05, 0) is 84.7 Å². The minimum absolute atomic E-state index is 0.208. The van der Waals surface area contributed by atoms with E-state index < -0.39 is 0 Å². The number of carbonyl (C=O) groups excluding carboxylic acids is 2. The normalized spacial score (nSPS) is 16.0. The molecule has 0 unspecified atom stereocenters. The van der Waals surface area contributed by atoms with Gasteiger partial charge in [0.2, 0.25) is 0 Å². The molecule has 0 fully saturated rings. The van der Waals surface area contributed by atoms with Crippen LogP contribution in [0.2, 0.25) is 0 Å². The van der Waals surface area contributed by atoms with Crippen molar-refractivity contribution in [2.24, 2.45) is 9.98 Å². The van der Waals surface area contributed by atoms with E-state index >= 15 is 0 Å². The minimum Gasteiger partial charge on any atom is -0.494 e. The van der Waals surface area contributed by atoms with Gasteiger partial charge in [-0.25, -0.2) is 9.98 Å². The van der Waals surface area contributed by atoms with Crippen LogP contribution in [-0.2, 0) is 9.59 Å². The zero-order valence-corrected chi connectivity index (χ0v) is 28.6. The van der Waals surface area contributed by atoms with E-state index in [1.165, 1.54) is 0 Å². The summed E-state index contributed by atoms with van der Waals surface area (Å²) in [6.07, 6.45) is 7.65. The molecule has 0 N–H and O–H groups in total. The lowest BCUT2D eigenvalue weighted by molar-refractivity contribution is -0.125. The Morgan fingerprint density at radius 1 is 0.540 bits per heavy atom. The highest BCUT2D eigenvalue weighted by atomic mass is 16.5. The minimum atomic E-state index is -0.231. The molecule has 4 aromatic rings. The van der Waals surface area contributed by atoms with Crippen molar-refractivity contribution in [1.29, 1.82) is 0 Å². The molecule has 2 amide bonds. The first-order valence-corrected chi connectivity index (χ1v) is 17.3. The predicted molar refractivity (Wildman–Crippen MR) is 199 cm³/mol. The van der Waals surface area contributed by atoms with E-state index in [-0.39, 0.29) is 24.9 Å².